The van der Waals surface area contributed by atoms with Gasteiger partial charge in [-0.25, -0.2) is 0 Å². The maximum absolute atomic E-state index is 6.30. The highest BCUT2D eigenvalue weighted by molar-refractivity contribution is 6.19. The molecule has 6 aromatic rings. The van der Waals surface area contributed by atoms with E-state index in [1.54, 1.807) is 0 Å². The molecular weight excluding hydrogens is 558 g/mol. The predicted octanol–water partition coefficient (Wildman–Crippen LogP) is 10.2. The lowest BCUT2D eigenvalue weighted by molar-refractivity contribution is 0.958. The molecule has 0 spiro atoms. The number of nitrogens with zero attached hydrogens (tertiary/aromatic N) is 1. The number of fused-ring (bicyclic) bond motifs is 5. The molecule has 1 aromatic heterocycles. The van der Waals surface area contributed by atoms with Crippen molar-refractivity contribution in [3.05, 3.63) is 181 Å². The van der Waals surface area contributed by atoms with Crippen molar-refractivity contribution < 1.29 is 0 Å². The molecule has 1 aliphatic rings. The Labute approximate surface area is 270 Å². The van der Waals surface area contributed by atoms with Gasteiger partial charge in [0.1, 0.15) is 0 Å². The second kappa shape index (κ2) is 12.7. The Morgan fingerprint density at radius 3 is 2.41 bits per heavy atom. The fourth-order valence-corrected chi connectivity index (χ4v) is 6.43. The van der Waals surface area contributed by atoms with Gasteiger partial charge >= 0.3 is 0 Å². The molecule has 3 heteroatoms. The van der Waals surface area contributed by atoms with Crippen molar-refractivity contribution in [1.29, 1.82) is 0 Å². The van der Waals surface area contributed by atoms with E-state index in [0.29, 0.717) is 0 Å². The van der Waals surface area contributed by atoms with E-state index in [2.05, 4.69) is 144 Å². The Kier molecular flexibility index (Phi) is 7.97. The molecule has 0 aliphatic carbocycles. The smallest absolute Gasteiger partial charge is 0.0619 e. The molecule has 7 rings (SSSR count). The second-order valence-corrected chi connectivity index (χ2v) is 11.6. The zero-order valence-corrected chi connectivity index (χ0v) is 26.1. The minimum Gasteiger partial charge on any atom is -0.398 e. The summed E-state index contributed by atoms with van der Waals surface area (Å²) in [5.41, 5.74) is 17.7. The van der Waals surface area contributed by atoms with Crippen molar-refractivity contribution >= 4 is 38.2 Å². The van der Waals surface area contributed by atoms with Crippen LogP contribution >= 0.6 is 0 Å². The Morgan fingerprint density at radius 2 is 1.65 bits per heavy atom. The maximum Gasteiger partial charge on any atom is 0.0619 e. The quantitative estimate of drug-likeness (QED) is 0.172. The molecule has 0 atom stereocenters. The molecule has 0 amide bonds. The van der Waals surface area contributed by atoms with Gasteiger partial charge in [0.2, 0.25) is 0 Å². The van der Waals surface area contributed by atoms with Crippen LogP contribution in [-0.4, -0.2) is 11.1 Å². The average molecular weight is 596 g/mol. The van der Waals surface area contributed by atoms with Crippen LogP contribution in [0.2, 0.25) is 0 Å². The van der Waals surface area contributed by atoms with Crippen molar-refractivity contribution in [3.8, 4) is 16.8 Å². The SMILES string of the molecule is C=C/C(=C\C)c1ccc(-c2ccc3c(ccc4c5ccc(C/C=C\C=C(/N)C6=CCNC=C6)cc5n(-c5ccccc5)c34)c2)cc1. The number of hydrogen-bond donors (Lipinski definition) is 2. The van der Waals surface area contributed by atoms with Crippen molar-refractivity contribution in [2.75, 3.05) is 6.54 Å². The number of benzene rings is 5. The highest BCUT2D eigenvalue weighted by Gasteiger charge is 2.16. The number of allylic oxidation sites excluding steroid dienone is 7. The van der Waals surface area contributed by atoms with Gasteiger partial charge in [-0.05, 0) is 94.7 Å². The first-order valence-electron chi connectivity index (χ1n) is 15.8. The van der Waals surface area contributed by atoms with Crippen molar-refractivity contribution in [3.63, 3.8) is 0 Å². The molecule has 1 aliphatic heterocycles. The largest absolute Gasteiger partial charge is 0.398 e. The van der Waals surface area contributed by atoms with Gasteiger partial charge in [-0.1, -0.05) is 116 Å². The van der Waals surface area contributed by atoms with E-state index in [4.69, 9.17) is 5.73 Å². The van der Waals surface area contributed by atoms with E-state index in [1.807, 2.05) is 31.4 Å². The molecule has 0 bridgehead atoms. The van der Waals surface area contributed by atoms with Gasteiger partial charge in [0.05, 0.1) is 11.0 Å². The van der Waals surface area contributed by atoms with Gasteiger partial charge < -0.3 is 15.6 Å². The fraction of sp³-hybridized carbons (Fsp3) is 0.0698. The zero-order valence-electron chi connectivity index (χ0n) is 26.1. The minimum atomic E-state index is 0.774. The van der Waals surface area contributed by atoms with Crippen LogP contribution in [0.4, 0.5) is 0 Å². The molecule has 0 saturated carbocycles. The first kappa shape index (κ1) is 28.9. The van der Waals surface area contributed by atoms with Crippen molar-refractivity contribution in [2.45, 2.75) is 13.3 Å². The Morgan fingerprint density at radius 1 is 0.870 bits per heavy atom. The number of aromatic nitrogens is 1. The Bertz CT molecular complexity index is 2240. The topological polar surface area (TPSA) is 43.0 Å². The molecule has 2 heterocycles. The summed E-state index contributed by atoms with van der Waals surface area (Å²) in [7, 11) is 0. The molecule has 224 valence electrons. The molecule has 0 unspecified atom stereocenters. The lowest BCUT2D eigenvalue weighted by Crippen LogP contribution is -2.11. The van der Waals surface area contributed by atoms with Crippen LogP contribution in [0.5, 0.6) is 0 Å². The molecule has 3 nitrogen and oxygen atoms in total. The van der Waals surface area contributed by atoms with E-state index in [9.17, 15) is 0 Å². The lowest BCUT2D eigenvalue weighted by atomic mass is 9.97. The highest BCUT2D eigenvalue weighted by Crippen LogP contribution is 2.38. The van der Waals surface area contributed by atoms with Gasteiger partial charge in [0.15, 0.2) is 0 Å². The first-order chi connectivity index (χ1) is 22.6. The average Bonchev–Trinajstić information content (AvgIpc) is 3.45. The van der Waals surface area contributed by atoms with Crippen LogP contribution < -0.4 is 11.1 Å². The Hall–Kier alpha value is -5.80. The monoisotopic (exact) mass is 595 g/mol. The van der Waals surface area contributed by atoms with Gasteiger partial charge in [0.25, 0.3) is 0 Å². The van der Waals surface area contributed by atoms with E-state index >= 15 is 0 Å². The number of nitrogens with one attached hydrogen (secondary N) is 1. The van der Waals surface area contributed by atoms with E-state index in [0.717, 1.165) is 35.5 Å². The predicted molar refractivity (Wildman–Crippen MR) is 198 cm³/mol. The molecule has 0 radical (unpaired) electrons. The Balaban J connectivity index is 1.29. The third-order valence-electron chi connectivity index (χ3n) is 8.82. The first-order valence-corrected chi connectivity index (χ1v) is 15.8. The molecule has 5 aromatic carbocycles. The summed E-state index contributed by atoms with van der Waals surface area (Å²) in [5, 5.41) is 8.14. The van der Waals surface area contributed by atoms with Crippen LogP contribution in [0.1, 0.15) is 18.1 Å². The molecule has 3 N–H and O–H groups in total. The number of para-hydroxylation sites is 1. The van der Waals surface area contributed by atoms with Crippen LogP contribution in [0.3, 0.4) is 0 Å². The highest BCUT2D eigenvalue weighted by atomic mass is 15.0. The molecule has 46 heavy (non-hydrogen) atoms. The number of hydrogen-bond acceptors (Lipinski definition) is 2. The minimum absolute atomic E-state index is 0.774. The standard InChI is InChI=1S/C43H37N3/c1-3-31(4-2)32-15-17-33(18-16-32)35-19-22-38-36(29-35)20-23-40-39-21-14-30(10-8-9-13-41(44)34-24-26-45-27-25-34)28-42(39)46(43(38)40)37-11-6-5-7-12-37/h3-9,11-26,28-29,45H,1,10,27,44H2,2H3/b9-8-,31-4+,41-13-. The molecule has 0 fully saturated rings. The zero-order chi connectivity index (χ0) is 31.5. The third-order valence-corrected chi connectivity index (χ3v) is 8.82. The van der Waals surface area contributed by atoms with Crippen LogP contribution in [0, 0.1) is 0 Å². The van der Waals surface area contributed by atoms with Gasteiger partial charge in [0, 0.05) is 34.1 Å². The van der Waals surface area contributed by atoms with Crippen LogP contribution in [-0.2, 0) is 6.42 Å². The lowest BCUT2D eigenvalue weighted by Gasteiger charge is -2.11. The van der Waals surface area contributed by atoms with Gasteiger partial charge in [-0.2, -0.15) is 0 Å². The van der Waals surface area contributed by atoms with Crippen molar-refractivity contribution in [1.82, 2.24) is 9.88 Å². The summed E-state index contributed by atoms with van der Waals surface area (Å²) in [6.45, 7) is 6.80. The van der Waals surface area contributed by atoms with Gasteiger partial charge in [-0.3, -0.25) is 0 Å². The number of dihydropyridines is 1. The van der Waals surface area contributed by atoms with Crippen LogP contribution in [0.25, 0.3) is 55.0 Å². The van der Waals surface area contributed by atoms with E-state index in [-0.39, 0.29) is 0 Å². The third kappa shape index (κ3) is 5.48. The maximum atomic E-state index is 6.30. The summed E-state index contributed by atoms with van der Waals surface area (Å²) >= 11 is 0. The van der Waals surface area contributed by atoms with Crippen LogP contribution in [0.15, 0.2) is 170 Å². The number of rotatable bonds is 8. The summed E-state index contributed by atoms with van der Waals surface area (Å²) in [6, 6.07) is 37.7. The van der Waals surface area contributed by atoms with E-state index in [1.165, 1.54) is 54.8 Å². The summed E-state index contributed by atoms with van der Waals surface area (Å²) in [4.78, 5) is 0. The molecular formula is C43H37N3. The van der Waals surface area contributed by atoms with E-state index < -0.39 is 0 Å². The molecule has 0 saturated heterocycles. The number of nitrogens with two attached hydrogens (primary N) is 1. The normalized spacial score (nSPS) is 13.9. The second-order valence-electron chi connectivity index (χ2n) is 11.6. The van der Waals surface area contributed by atoms with Crippen molar-refractivity contribution in [2.24, 2.45) is 5.73 Å². The summed E-state index contributed by atoms with van der Waals surface area (Å²) in [5.74, 6) is 0. The fourth-order valence-electron chi connectivity index (χ4n) is 6.43. The summed E-state index contributed by atoms with van der Waals surface area (Å²) in [6.07, 6.45) is 17.1. The van der Waals surface area contributed by atoms with Gasteiger partial charge in [-0.15, -0.1) is 0 Å². The summed E-state index contributed by atoms with van der Waals surface area (Å²) < 4.78 is 2.43.